The fourth-order valence-electron chi connectivity index (χ4n) is 7.03. The Morgan fingerprint density at radius 3 is 1.79 bits per heavy atom. The van der Waals surface area contributed by atoms with Gasteiger partial charge in [-0.2, -0.15) is 0 Å². The molecule has 0 fully saturated rings. The predicted molar refractivity (Wildman–Crippen MR) is 230 cm³/mol. The van der Waals surface area contributed by atoms with E-state index in [1.807, 2.05) is 0 Å². The molecule has 3 aromatic carbocycles. The number of fused-ring (bicyclic) bond motifs is 2. The van der Waals surface area contributed by atoms with Gasteiger partial charge in [0.2, 0.25) is 0 Å². The van der Waals surface area contributed by atoms with Crippen molar-refractivity contribution in [1.29, 1.82) is 0 Å². The molecule has 3 aromatic rings. The molecule has 9 N–H and O–H groups in total. The van der Waals surface area contributed by atoms with Crippen molar-refractivity contribution in [2.45, 2.75) is 12.5 Å². The SMILES string of the molecule is O=C(O)CN(CCN(CC(=O)O)CC(Cc1ccc(NC(=S)Nc2ccc(-c3c4ccc(=O)cc-4oc4cc(O)ccc34)c(C(=O)O)c2)cc1)N(CC(=O)O)CC(=O)O)CC(=O)O. The number of carboxylic acid groups (broad SMARTS) is 6. The lowest BCUT2D eigenvalue weighted by Crippen LogP contribution is -2.51. The van der Waals surface area contributed by atoms with Gasteiger partial charge in [0.25, 0.3) is 0 Å². The van der Waals surface area contributed by atoms with Crippen molar-refractivity contribution in [1.82, 2.24) is 14.7 Å². The summed E-state index contributed by atoms with van der Waals surface area (Å²) in [6.07, 6.45) is 0.0250. The van der Waals surface area contributed by atoms with Crippen LogP contribution in [0.1, 0.15) is 15.9 Å². The molecule has 2 aliphatic rings. The van der Waals surface area contributed by atoms with Crippen LogP contribution < -0.4 is 16.1 Å². The van der Waals surface area contributed by atoms with Gasteiger partial charge in [-0.15, -0.1) is 0 Å². The topological polar surface area (TPSA) is 308 Å². The molecule has 1 atom stereocenters. The number of aliphatic carboxylic acids is 5. The van der Waals surface area contributed by atoms with Gasteiger partial charge in [0.1, 0.15) is 17.1 Å². The Hall–Kier alpha value is -7.46. The number of phenolic OH excluding ortho intramolecular Hbond substituents is 1. The average molecular weight is 888 g/mol. The van der Waals surface area contributed by atoms with Crippen LogP contribution in [0.15, 0.2) is 88.1 Å². The minimum atomic E-state index is -1.34. The second-order valence-electron chi connectivity index (χ2n) is 14.3. The number of carbonyl (C=O) groups is 6. The molecular weight excluding hydrogens is 847 g/mol. The van der Waals surface area contributed by atoms with Crippen molar-refractivity contribution in [3.63, 3.8) is 0 Å². The summed E-state index contributed by atoms with van der Waals surface area (Å²) in [6, 6.07) is 18.7. The largest absolute Gasteiger partial charge is 0.508 e. The van der Waals surface area contributed by atoms with Crippen molar-refractivity contribution in [2.24, 2.45) is 0 Å². The summed E-state index contributed by atoms with van der Waals surface area (Å²) >= 11 is 5.52. The van der Waals surface area contributed by atoms with E-state index in [1.165, 1.54) is 41.3 Å². The lowest BCUT2D eigenvalue weighted by molar-refractivity contribution is -0.144. The number of aromatic hydroxyl groups is 1. The number of benzene rings is 4. The van der Waals surface area contributed by atoms with E-state index in [-0.39, 0.29) is 59.3 Å². The molecule has 1 unspecified atom stereocenters. The molecule has 5 rings (SSSR count). The third-order valence-corrected chi connectivity index (χ3v) is 9.81. The maximum absolute atomic E-state index is 12.7. The quantitative estimate of drug-likeness (QED) is 0.0356. The van der Waals surface area contributed by atoms with Gasteiger partial charge in [-0.05, 0) is 78.3 Å². The molecule has 0 spiro atoms. The van der Waals surface area contributed by atoms with Crippen LogP contribution in [-0.4, -0.2) is 150 Å². The number of rotatable bonds is 22. The van der Waals surface area contributed by atoms with Gasteiger partial charge in [-0.1, -0.05) is 18.2 Å². The summed E-state index contributed by atoms with van der Waals surface area (Å²) in [6.45, 7) is -3.84. The summed E-state index contributed by atoms with van der Waals surface area (Å²) in [5, 5.41) is 74.3. The third-order valence-electron chi connectivity index (χ3n) is 9.61. The molecule has 63 heavy (non-hydrogen) atoms. The molecular formula is C42H41N5O15S. The Balaban J connectivity index is 1.35. The summed E-state index contributed by atoms with van der Waals surface area (Å²) in [7, 11) is 0. The Morgan fingerprint density at radius 1 is 0.635 bits per heavy atom. The maximum Gasteiger partial charge on any atom is 0.336 e. The lowest BCUT2D eigenvalue weighted by atomic mass is 9.90. The van der Waals surface area contributed by atoms with Crippen LogP contribution in [0.3, 0.4) is 0 Å². The first-order valence-corrected chi connectivity index (χ1v) is 19.3. The Morgan fingerprint density at radius 2 is 1.19 bits per heavy atom. The van der Waals surface area contributed by atoms with E-state index in [4.69, 9.17) is 16.6 Å². The number of thiocarbonyl (C=S) groups is 1. The van der Waals surface area contributed by atoms with E-state index in [1.54, 1.807) is 42.5 Å². The smallest absolute Gasteiger partial charge is 0.336 e. The van der Waals surface area contributed by atoms with Crippen LogP contribution >= 0.6 is 12.2 Å². The second-order valence-corrected chi connectivity index (χ2v) is 14.7. The van der Waals surface area contributed by atoms with Crippen LogP contribution in [0, 0.1) is 0 Å². The zero-order chi connectivity index (χ0) is 46.0. The minimum absolute atomic E-state index is 0.0250. The number of nitrogens with zero attached hydrogens (tertiary/aromatic N) is 3. The van der Waals surface area contributed by atoms with Crippen LogP contribution in [0.2, 0.25) is 0 Å². The summed E-state index contributed by atoms with van der Waals surface area (Å²) in [5.41, 5.74) is 2.35. The summed E-state index contributed by atoms with van der Waals surface area (Å²) in [5.74, 6) is -7.76. The first-order valence-electron chi connectivity index (χ1n) is 18.9. The number of hydrogen-bond acceptors (Lipinski definition) is 13. The van der Waals surface area contributed by atoms with Crippen LogP contribution in [-0.2, 0) is 30.4 Å². The molecule has 20 nitrogen and oxygen atoms in total. The van der Waals surface area contributed by atoms with Crippen molar-refractivity contribution in [3.8, 4) is 28.2 Å². The molecule has 0 saturated heterocycles. The number of carboxylic acids is 6. The highest BCUT2D eigenvalue weighted by atomic mass is 32.1. The predicted octanol–water partition coefficient (Wildman–Crippen LogP) is 3.02. The van der Waals surface area contributed by atoms with Crippen molar-refractivity contribution >= 4 is 75.5 Å². The van der Waals surface area contributed by atoms with Gasteiger partial charge in [0, 0.05) is 65.7 Å². The summed E-state index contributed by atoms with van der Waals surface area (Å²) in [4.78, 5) is 86.5. The van der Waals surface area contributed by atoms with Crippen LogP contribution in [0.4, 0.5) is 11.4 Å². The highest BCUT2D eigenvalue weighted by Gasteiger charge is 2.28. The summed E-state index contributed by atoms with van der Waals surface area (Å²) < 4.78 is 5.89. The zero-order valence-corrected chi connectivity index (χ0v) is 33.9. The minimum Gasteiger partial charge on any atom is -0.508 e. The van der Waals surface area contributed by atoms with Crippen LogP contribution in [0.25, 0.3) is 33.4 Å². The maximum atomic E-state index is 12.7. The van der Waals surface area contributed by atoms with E-state index in [0.717, 1.165) is 9.80 Å². The molecule has 0 radical (unpaired) electrons. The molecule has 0 aromatic heterocycles. The highest BCUT2D eigenvalue weighted by molar-refractivity contribution is 7.80. The first-order chi connectivity index (χ1) is 29.8. The monoisotopic (exact) mass is 887 g/mol. The second kappa shape index (κ2) is 20.9. The average Bonchev–Trinajstić information content (AvgIpc) is 3.18. The molecule has 0 amide bonds. The van der Waals surface area contributed by atoms with E-state index in [2.05, 4.69) is 10.6 Å². The van der Waals surface area contributed by atoms with E-state index in [9.17, 15) is 69.3 Å². The van der Waals surface area contributed by atoms with Gasteiger partial charge < -0.3 is 50.8 Å². The number of hydrogen-bond donors (Lipinski definition) is 9. The van der Waals surface area contributed by atoms with Gasteiger partial charge in [-0.25, -0.2) is 4.79 Å². The lowest BCUT2D eigenvalue weighted by Gasteiger charge is -2.34. The van der Waals surface area contributed by atoms with Gasteiger partial charge >= 0.3 is 35.8 Å². The Kier molecular flexibility index (Phi) is 15.4. The molecule has 1 aliphatic heterocycles. The molecule has 1 aliphatic carbocycles. The zero-order valence-electron chi connectivity index (χ0n) is 33.1. The number of aromatic carboxylic acids is 1. The molecule has 21 heteroatoms. The van der Waals surface area contributed by atoms with Crippen molar-refractivity contribution in [2.75, 3.05) is 63.0 Å². The first kappa shape index (κ1) is 46.6. The van der Waals surface area contributed by atoms with Gasteiger partial charge in [-0.3, -0.25) is 43.5 Å². The van der Waals surface area contributed by atoms with Crippen LogP contribution in [0.5, 0.6) is 5.75 Å². The fraction of sp³-hybridized carbons (Fsp3) is 0.238. The van der Waals surface area contributed by atoms with Gasteiger partial charge in [0.15, 0.2) is 10.5 Å². The van der Waals surface area contributed by atoms with Crippen molar-refractivity contribution in [3.05, 3.63) is 100 Å². The fourth-order valence-corrected chi connectivity index (χ4v) is 7.27. The molecule has 0 bridgehead atoms. The highest BCUT2D eigenvalue weighted by Crippen LogP contribution is 2.42. The van der Waals surface area contributed by atoms with Crippen molar-refractivity contribution < 1.29 is 68.9 Å². The Labute approximate surface area is 362 Å². The number of nitrogens with one attached hydrogen (secondary N) is 2. The molecule has 1 heterocycles. The number of phenols is 1. The Bertz CT molecular complexity index is 2550. The van der Waals surface area contributed by atoms with Gasteiger partial charge in [0.05, 0.1) is 38.3 Å². The van der Waals surface area contributed by atoms with E-state index < -0.39 is 74.6 Å². The molecule has 330 valence electrons. The van der Waals surface area contributed by atoms with E-state index in [0.29, 0.717) is 39.0 Å². The normalized spacial score (nSPS) is 11.8. The number of anilines is 2. The third kappa shape index (κ3) is 13.3. The van der Waals surface area contributed by atoms with E-state index >= 15 is 0 Å². The standard InChI is InChI=1S/C42H41N5O15S/c48-27-6-9-30-33(15-27)62-34-16-28(49)7-10-31(34)40(30)29-8-5-25(14-32(29)41(60)61)44-42(63)43-24-3-1-23(2-4-24)13-26(47(21-38(56)57)22-39(58)59)17-45(18-35(50)51)11-12-46(19-36(52)53)20-37(54)55/h1-10,14-16,26,48H,11-13,17-22H2,(H,50,51)(H,52,53)(H,54,55)(H,56,57)(H,58,59)(H,60,61)(H2,43,44,63). The molecule has 0 saturated carbocycles.